The Hall–Kier alpha value is -0.410. The van der Waals surface area contributed by atoms with Crippen molar-refractivity contribution in [1.29, 1.82) is 0 Å². The van der Waals surface area contributed by atoms with Gasteiger partial charge in [0.2, 0.25) is 0 Å². The molecule has 2 rings (SSSR count). The first-order valence-corrected chi connectivity index (χ1v) is 8.06. The van der Waals surface area contributed by atoms with Crippen molar-refractivity contribution >= 4 is 15.9 Å². The van der Waals surface area contributed by atoms with Gasteiger partial charge in [-0.3, -0.25) is 0 Å². The Bertz CT molecular complexity index is 401. The third-order valence-corrected chi connectivity index (χ3v) is 4.88. The van der Waals surface area contributed by atoms with Gasteiger partial charge in [-0.2, -0.15) is 0 Å². The van der Waals surface area contributed by atoms with Gasteiger partial charge in [-0.15, -0.1) is 0 Å². The van der Waals surface area contributed by atoms with Gasteiger partial charge in [-0.1, -0.05) is 42.1 Å². The van der Waals surface area contributed by atoms with Crippen LogP contribution in [0.25, 0.3) is 0 Å². The van der Waals surface area contributed by atoms with Gasteiger partial charge in [0.05, 0.1) is 0 Å². The van der Waals surface area contributed by atoms with E-state index >= 15 is 0 Å². The molecule has 106 valence electrons. The van der Waals surface area contributed by atoms with Crippen molar-refractivity contribution in [3.05, 3.63) is 34.1 Å². The highest BCUT2D eigenvalue weighted by Crippen LogP contribution is 2.38. The maximum Gasteiger partial charge on any atom is 0.124 e. The van der Waals surface area contributed by atoms with E-state index in [9.17, 15) is 4.39 Å². The summed E-state index contributed by atoms with van der Waals surface area (Å²) < 4.78 is 14.4. The molecule has 1 aromatic carbocycles. The van der Waals surface area contributed by atoms with Crippen molar-refractivity contribution in [2.24, 2.45) is 11.8 Å². The molecule has 0 heterocycles. The molecule has 0 radical (unpaired) electrons. The molecule has 1 nitrogen and oxygen atoms in total. The number of halogens is 2. The average Bonchev–Trinajstić information content (AvgIpc) is 2.39. The fourth-order valence-electron chi connectivity index (χ4n) is 3.44. The summed E-state index contributed by atoms with van der Waals surface area (Å²) in [7, 11) is 1.99. The van der Waals surface area contributed by atoms with Gasteiger partial charge in [0, 0.05) is 10.5 Å². The van der Waals surface area contributed by atoms with E-state index in [0.717, 1.165) is 16.0 Å². The molecule has 19 heavy (non-hydrogen) atoms. The summed E-state index contributed by atoms with van der Waals surface area (Å²) in [6.07, 6.45) is 6.43. The molecule has 0 bridgehead atoms. The van der Waals surface area contributed by atoms with E-state index in [0.29, 0.717) is 5.92 Å². The Morgan fingerprint density at radius 2 is 2.16 bits per heavy atom. The van der Waals surface area contributed by atoms with E-state index in [-0.39, 0.29) is 11.9 Å². The molecular weight excluding hydrogens is 305 g/mol. The Morgan fingerprint density at radius 3 is 2.79 bits per heavy atom. The van der Waals surface area contributed by atoms with Crippen molar-refractivity contribution in [1.82, 2.24) is 5.32 Å². The second-order valence-electron chi connectivity index (χ2n) is 5.67. The van der Waals surface area contributed by atoms with Crippen LogP contribution in [0.5, 0.6) is 0 Å². The van der Waals surface area contributed by atoms with E-state index in [1.807, 2.05) is 13.1 Å². The maximum absolute atomic E-state index is 13.6. The largest absolute Gasteiger partial charge is 0.313 e. The molecule has 0 aromatic heterocycles. The second-order valence-corrected chi connectivity index (χ2v) is 6.59. The number of rotatable bonds is 4. The lowest BCUT2D eigenvalue weighted by atomic mass is 9.75. The Morgan fingerprint density at radius 1 is 1.37 bits per heavy atom. The third kappa shape index (κ3) is 3.79. The predicted octanol–water partition coefficient (Wildman–Crippen LogP) is 5.07. The number of benzene rings is 1. The van der Waals surface area contributed by atoms with Gasteiger partial charge in [-0.05, 0) is 55.5 Å². The zero-order chi connectivity index (χ0) is 13.8. The van der Waals surface area contributed by atoms with Crippen LogP contribution in [0, 0.1) is 17.7 Å². The van der Waals surface area contributed by atoms with Crippen LogP contribution in [0.1, 0.15) is 50.6 Å². The van der Waals surface area contributed by atoms with Crippen LogP contribution >= 0.6 is 15.9 Å². The zero-order valence-corrected chi connectivity index (χ0v) is 13.3. The number of hydrogen-bond acceptors (Lipinski definition) is 1. The van der Waals surface area contributed by atoms with Crippen molar-refractivity contribution in [2.45, 2.75) is 45.1 Å². The smallest absolute Gasteiger partial charge is 0.124 e. The van der Waals surface area contributed by atoms with Gasteiger partial charge in [-0.25, -0.2) is 4.39 Å². The van der Waals surface area contributed by atoms with E-state index in [1.54, 1.807) is 6.07 Å². The Labute approximate surface area is 124 Å². The summed E-state index contributed by atoms with van der Waals surface area (Å²) in [5.74, 6) is 1.30. The van der Waals surface area contributed by atoms with Gasteiger partial charge in [0.15, 0.2) is 0 Å². The molecule has 3 heteroatoms. The molecule has 1 aromatic rings. The average molecular weight is 328 g/mol. The summed E-state index contributed by atoms with van der Waals surface area (Å²) in [5.41, 5.74) is 1.07. The highest BCUT2D eigenvalue weighted by Gasteiger charge is 2.28. The van der Waals surface area contributed by atoms with Crippen LogP contribution in [-0.2, 0) is 0 Å². The molecule has 1 N–H and O–H groups in total. The van der Waals surface area contributed by atoms with Crippen molar-refractivity contribution in [3.63, 3.8) is 0 Å². The van der Waals surface area contributed by atoms with Gasteiger partial charge in [0.25, 0.3) is 0 Å². The molecule has 1 saturated carbocycles. The van der Waals surface area contributed by atoms with E-state index in [4.69, 9.17) is 0 Å². The summed E-state index contributed by atoms with van der Waals surface area (Å²) in [4.78, 5) is 0. The van der Waals surface area contributed by atoms with Crippen molar-refractivity contribution < 1.29 is 4.39 Å². The van der Waals surface area contributed by atoms with Gasteiger partial charge in [0.1, 0.15) is 5.82 Å². The molecule has 3 atom stereocenters. The van der Waals surface area contributed by atoms with Crippen LogP contribution in [-0.4, -0.2) is 7.05 Å². The minimum Gasteiger partial charge on any atom is -0.313 e. The summed E-state index contributed by atoms with van der Waals surface area (Å²) in [5, 5.41) is 3.40. The van der Waals surface area contributed by atoms with Gasteiger partial charge < -0.3 is 5.32 Å². The molecular formula is C16H23BrFN. The van der Waals surface area contributed by atoms with E-state index in [1.165, 1.54) is 38.2 Å². The monoisotopic (exact) mass is 327 g/mol. The van der Waals surface area contributed by atoms with Crippen LogP contribution in [0.4, 0.5) is 4.39 Å². The fourth-order valence-corrected chi connectivity index (χ4v) is 3.92. The minimum absolute atomic E-state index is 0.160. The minimum atomic E-state index is -0.160. The van der Waals surface area contributed by atoms with E-state index < -0.39 is 0 Å². The fraction of sp³-hybridized carbons (Fsp3) is 0.625. The number of nitrogens with one attached hydrogen (secondary N) is 1. The standard InChI is InChI=1S/C16H23BrFN/c1-3-11-5-4-6-12(7-11)16(19-2)13-8-14(17)10-15(18)9-13/h8-12,16,19H,3-7H2,1-2H3. The van der Waals surface area contributed by atoms with Crippen molar-refractivity contribution in [3.8, 4) is 0 Å². The molecule has 0 amide bonds. The predicted molar refractivity (Wildman–Crippen MR) is 81.6 cm³/mol. The first-order valence-electron chi connectivity index (χ1n) is 7.27. The Kier molecular flexibility index (Phi) is 5.40. The Balaban J connectivity index is 2.18. The molecule has 0 saturated heterocycles. The quantitative estimate of drug-likeness (QED) is 0.814. The summed E-state index contributed by atoms with van der Waals surface area (Å²) >= 11 is 3.39. The highest BCUT2D eigenvalue weighted by molar-refractivity contribution is 9.10. The normalized spacial score (nSPS) is 25.3. The topological polar surface area (TPSA) is 12.0 Å². The van der Waals surface area contributed by atoms with Crippen LogP contribution in [0.3, 0.4) is 0 Å². The zero-order valence-electron chi connectivity index (χ0n) is 11.8. The molecule has 0 aliphatic heterocycles. The maximum atomic E-state index is 13.6. The van der Waals surface area contributed by atoms with Gasteiger partial charge >= 0.3 is 0 Å². The van der Waals surface area contributed by atoms with Crippen LogP contribution in [0.15, 0.2) is 22.7 Å². The van der Waals surface area contributed by atoms with Crippen LogP contribution in [0.2, 0.25) is 0 Å². The lowest BCUT2D eigenvalue weighted by molar-refractivity contribution is 0.214. The van der Waals surface area contributed by atoms with Crippen molar-refractivity contribution in [2.75, 3.05) is 7.05 Å². The molecule has 0 spiro atoms. The summed E-state index contributed by atoms with van der Waals surface area (Å²) in [6.45, 7) is 2.28. The highest BCUT2D eigenvalue weighted by atomic mass is 79.9. The SMILES string of the molecule is CCC1CCCC(C(NC)c2cc(F)cc(Br)c2)C1. The molecule has 1 aliphatic carbocycles. The molecule has 1 aliphatic rings. The lowest BCUT2D eigenvalue weighted by Gasteiger charge is -2.34. The molecule has 1 fully saturated rings. The second kappa shape index (κ2) is 6.85. The lowest BCUT2D eigenvalue weighted by Crippen LogP contribution is -2.29. The third-order valence-electron chi connectivity index (χ3n) is 4.43. The van der Waals surface area contributed by atoms with Crippen LogP contribution < -0.4 is 5.32 Å². The molecule has 3 unspecified atom stereocenters. The summed E-state index contributed by atoms with van der Waals surface area (Å²) in [6, 6.07) is 5.49. The first kappa shape index (κ1) is 15.0. The number of hydrogen-bond donors (Lipinski definition) is 1. The first-order chi connectivity index (χ1) is 9.13. The van der Waals surface area contributed by atoms with E-state index in [2.05, 4.69) is 28.2 Å².